The summed E-state index contributed by atoms with van der Waals surface area (Å²) in [4.78, 5) is 0. The van der Waals surface area contributed by atoms with Gasteiger partial charge in [-0.2, -0.15) is 36.5 Å². The first-order valence-corrected chi connectivity index (χ1v) is 13.1. The first kappa shape index (κ1) is 33.2. The minimum absolute atomic E-state index is 0.111. The third-order valence-corrected chi connectivity index (χ3v) is 6.17. The number of nitrogens with zero attached hydrogens (tertiary/aromatic N) is 4. The van der Waals surface area contributed by atoms with Crippen LogP contribution in [0.3, 0.4) is 0 Å². The van der Waals surface area contributed by atoms with Gasteiger partial charge in [-0.3, -0.25) is 5.01 Å². The summed E-state index contributed by atoms with van der Waals surface area (Å²) in [5, 5.41) is 32.8. The second-order valence-corrected chi connectivity index (χ2v) is 9.98. The van der Waals surface area contributed by atoms with Crippen molar-refractivity contribution in [1.82, 2.24) is 20.2 Å². The molecule has 0 aliphatic carbocycles. The Bertz CT molecular complexity index is 1360. The largest absolute Gasteiger partial charge is 0.437 e. The molecule has 16 heteroatoms. The Balaban J connectivity index is 0.000000230. The van der Waals surface area contributed by atoms with Crippen LogP contribution in [-0.2, 0) is 19.3 Å². The molecular formula is C26H32B2F6N6O2. The molecule has 2 aromatic carbocycles. The molecule has 3 aromatic rings. The number of benzene rings is 2. The Morgan fingerprint density at radius 1 is 0.857 bits per heavy atom. The summed E-state index contributed by atoms with van der Waals surface area (Å²) >= 11 is 0. The summed E-state index contributed by atoms with van der Waals surface area (Å²) in [7, 11) is -1.30. The van der Waals surface area contributed by atoms with Gasteiger partial charge in [-0.15, -0.1) is 0 Å². The van der Waals surface area contributed by atoms with Crippen molar-refractivity contribution in [3.05, 3.63) is 77.1 Å². The van der Waals surface area contributed by atoms with Crippen LogP contribution < -0.4 is 15.5 Å². The maximum Gasteiger partial charge on any atom is 0.435 e. The average molecular weight is 596 g/mol. The molecule has 42 heavy (non-hydrogen) atoms. The molecule has 0 saturated carbocycles. The lowest BCUT2D eigenvalue weighted by atomic mass is 9.88. The molecule has 1 aliphatic heterocycles. The van der Waals surface area contributed by atoms with Gasteiger partial charge < -0.3 is 20.5 Å². The molecule has 2 heterocycles. The van der Waals surface area contributed by atoms with Crippen molar-refractivity contribution >= 4 is 25.5 Å². The van der Waals surface area contributed by atoms with Crippen LogP contribution in [0.1, 0.15) is 35.9 Å². The number of halogens is 6. The van der Waals surface area contributed by atoms with Gasteiger partial charge in [0.05, 0.1) is 17.4 Å². The number of hydrogen-bond donors (Lipinski definition) is 4. The van der Waals surface area contributed by atoms with E-state index in [1.54, 1.807) is 63.9 Å². The van der Waals surface area contributed by atoms with E-state index in [2.05, 4.69) is 20.7 Å². The molecule has 8 nitrogen and oxygen atoms in total. The van der Waals surface area contributed by atoms with Crippen LogP contribution in [0.2, 0.25) is 13.6 Å². The topological polar surface area (TPSA) is 97.9 Å². The highest BCUT2D eigenvalue weighted by Crippen LogP contribution is 2.32. The fourth-order valence-electron chi connectivity index (χ4n) is 4.13. The number of anilines is 1. The highest BCUT2D eigenvalue weighted by Gasteiger charge is 2.41. The Morgan fingerprint density at radius 3 is 1.83 bits per heavy atom. The predicted octanol–water partition coefficient (Wildman–Crippen LogP) is 4.80. The van der Waals surface area contributed by atoms with Gasteiger partial charge in [-0.1, -0.05) is 24.3 Å². The molecule has 1 aliphatic rings. The molecular weight excluding hydrogens is 564 g/mol. The average Bonchev–Trinajstić information content (AvgIpc) is 3.50. The van der Waals surface area contributed by atoms with Gasteiger partial charge in [0.1, 0.15) is 5.71 Å². The molecule has 1 unspecified atom stereocenters. The first-order valence-electron chi connectivity index (χ1n) is 13.1. The van der Waals surface area contributed by atoms with Gasteiger partial charge in [0.2, 0.25) is 0 Å². The van der Waals surface area contributed by atoms with E-state index in [0.29, 0.717) is 30.2 Å². The maximum atomic E-state index is 12.7. The van der Waals surface area contributed by atoms with Crippen molar-refractivity contribution in [2.24, 2.45) is 5.10 Å². The lowest BCUT2D eigenvalue weighted by Crippen LogP contribution is -2.29. The molecule has 0 saturated heterocycles. The van der Waals surface area contributed by atoms with E-state index in [0.717, 1.165) is 17.2 Å². The number of hydrazone groups is 1. The van der Waals surface area contributed by atoms with Crippen LogP contribution >= 0.6 is 0 Å². The fraction of sp³-hybridized carbons (Fsp3) is 0.385. The molecule has 4 N–H and O–H groups in total. The van der Waals surface area contributed by atoms with E-state index in [1.165, 1.54) is 9.69 Å². The van der Waals surface area contributed by atoms with Gasteiger partial charge in [0.25, 0.3) is 0 Å². The molecule has 0 fully saturated rings. The van der Waals surface area contributed by atoms with Gasteiger partial charge >= 0.3 is 26.5 Å². The van der Waals surface area contributed by atoms with E-state index in [9.17, 15) is 36.4 Å². The zero-order valence-corrected chi connectivity index (χ0v) is 23.5. The Kier molecular flexibility index (Phi) is 10.9. The lowest BCUT2D eigenvalue weighted by molar-refractivity contribution is -0.141. The number of aryl methyl sites for hydroxylation is 1. The summed E-state index contributed by atoms with van der Waals surface area (Å²) in [5.74, 6) is 0. The van der Waals surface area contributed by atoms with Crippen molar-refractivity contribution < 1.29 is 36.4 Å². The number of aromatic nitrogens is 2. The SMILES string of the molecule is CB(O)NCc1cccc(-n2nc(C(F)(F)F)cc2C)c1.CB(O)NCc1cccc(N2N=C(C(F)(F)F)CC2C)c1. The third-order valence-electron chi connectivity index (χ3n) is 6.17. The molecule has 1 atom stereocenters. The third kappa shape index (κ3) is 9.34. The van der Waals surface area contributed by atoms with Crippen molar-refractivity contribution in [3.8, 4) is 5.69 Å². The van der Waals surface area contributed by atoms with Gasteiger partial charge in [0, 0.05) is 25.2 Å². The van der Waals surface area contributed by atoms with Gasteiger partial charge in [0.15, 0.2) is 5.69 Å². The van der Waals surface area contributed by atoms with Crippen molar-refractivity contribution in [2.75, 3.05) is 5.01 Å². The van der Waals surface area contributed by atoms with E-state index < -0.39 is 37.9 Å². The molecule has 0 bridgehead atoms. The predicted molar refractivity (Wildman–Crippen MR) is 151 cm³/mol. The zero-order chi connectivity index (χ0) is 31.2. The highest BCUT2D eigenvalue weighted by molar-refractivity contribution is 6.45. The summed E-state index contributed by atoms with van der Waals surface area (Å²) in [6, 6.07) is 14.8. The van der Waals surface area contributed by atoms with Gasteiger partial charge in [-0.05, 0) is 69.0 Å². The maximum absolute atomic E-state index is 12.7. The summed E-state index contributed by atoms with van der Waals surface area (Å²) in [6.07, 6.45) is -8.95. The number of alkyl halides is 6. The fourth-order valence-corrected chi connectivity index (χ4v) is 4.13. The Labute approximate surface area is 240 Å². The highest BCUT2D eigenvalue weighted by atomic mass is 19.4. The van der Waals surface area contributed by atoms with E-state index in [-0.39, 0.29) is 12.5 Å². The summed E-state index contributed by atoms with van der Waals surface area (Å²) in [5.41, 5.74) is 1.63. The quantitative estimate of drug-likeness (QED) is 0.221. The van der Waals surface area contributed by atoms with Crippen LogP contribution in [-0.4, -0.2) is 51.9 Å². The van der Waals surface area contributed by atoms with Crippen LogP contribution in [0.5, 0.6) is 0 Å². The molecule has 0 amide bonds. The Hall–Kier alpha value is -3.33. The monoisotopic (exact) mass is 596 g/mol. The van der Waals surface area contributed by atoms with Crippen molar-refractivity contribution in [2.45, 2.75) is 65.4 Å². The zero-order valence-electron chi connectivity index (χ0n) is 23.5. The van der Waals surface area contributed by atoms with Crippen LogP contribution in [0.15, 0.2) is 59.7 Å². The van der Waals surface area contributed by atoms with Crippen LogP contribution in [0.25, 0.3) is 5.69 Å². The first-order chi connectivity index (χ1) is 19.5. The molecule has 4 rings (SSSR count). The number of rotatable bonds is 8. The van der Waals surface area contributed by atoms with Gasteiger partial charge in [-0.25, -0.2) is 4.68 Å². The summed E-state index contributed by atoms with van der Waals surface area (Å²) in [6.45, 7) is 7.33. The van der Waals surface area contributed by atoms with Crippen LogP contribution in [0.4, 0.5) is 32.0 Å². The minimum atomic E-state index is -4.46. The number of hydrogen-bond acceptors (Lipinski definition) is 7. The molecule has 0 radical (unpaired) electrons. The van der Waals surface area contributed by atoms with E-state index in [1.807, 2.05) is 12.1 Å². The molecule has 0 spiro atoms. The van der Waals surface area contributed by atoms with Crippen molar-refractivity contribution in [3.63, 3.8) is 0 Å². The second-order valence-electron chi connectivity index (χ2n) is 9.98. The van der Waals surface area contributed by atoms with Crippen LogP contribution in [0, 0.1) is 6.92 Å². The normalized spacial score (nSPS) is 15.3. The minimum Gasteiger partial charge on any atom is -0.437 e. The number of nitrogens with one attached hydrogen (secondary N) is 2. The van der Waals surface area contributed by atoms with E-state index in [4.69, 9.17) is 0 Å². The smallest absolute Gasteiger partial charge is 0.435 e. The van der Waals surface area contributed by atoms with Crippen molar-refractivity contribution in [1.29, 1.82) is 0 Å². The summed E-state index contributed by atoms with van der Waals surface area (Å²) < 4.78 is 77.4. The van der Waals surface area contributed by atoms with E-state index >= 15 is 0 Å². The lowest BCUT2D eigenvalue weighted by Gasteiger charge is -2.20. The second kappa shape index (κ2) is 13.8. The molecule has 1 aromatic heterocycles. The standard InChI is InChI=1S/C13H17BF3N3O.C13H15BF3N3O/c2*1-9-6-12(13(15,16)17)19-20(9)11-5-3-4-10(7-11)8-18-14(2)21/h3-5,7,9,18,21H,6,8H2,1-2H3;3-7,18,21H,8H2,1-2H3. The molecule has 226 valence electrons. The Morgan fingerprint density at radius 2 is 1.38 bits per heavy atom.